The molecule has 1 aliphatic heterocycles. The molecule has 0 saturated carbocycles. The van der Waals surface area contributed by atoms with E-state index in [9.17, 15) is 4.79 Å². The summed E-state index contributed by atoms with van der Waals surface area (Å²) in [5, 5.41) is 5.46. The van der Waals surface area contributed by atoms with E-state index >= 15 is 0 Å². The highest BCUT2D eigenvalue weighted by Gasteiger charge is 2.27. The maximum absolute atomic E-state index is 11.4. The van der Waals surface area contributed by atoms with Gasteiger partial charge < -0.3 is 22.5 Å². The second kappa shape index (κ2) is 10.1. The molecule has 0 aromatic heterocycles. The lowest BCUT2D eigenvalue weighted by Gasteiger charge is -2.31. The van der Waals surface area contributed by atoms with Crippen molar-refractivity contribution in [2.75, 3.05) is 0 Å². The molecule has 0 saturated heterocycles. The third-order valence-corrected chi connectivity index (χ3v) is 3.39. The monoisotopic (exact) mass is 327 g/mol. The molecule has 20 heavy (non-hydrogen) atoms. The summed E-state index contributed by atoms with van der Waals surface area (Å²) in [5.74, 6) is 0.427. The van der Waals surface area contributed by atoms with E-state index in [-0.39, 0.29) is 49.0 Å². The SMILES string of the molecule is CCC(N)CC1=C(N)NC(=O)NC1CC(N)CC.Cl.Cl. The Morgan fingerprint density at radius 2 is 1.70 bits per heavy atom. The van der Waals surface area contributed by atoms with Gasteiger partial charge in [-0.25, -0.2) is 4.79 Å². The summed E-state index contributed by atoms with van der Waals surface area (Å²) in [4.78, 5) is 11.4. The molecule has 8 heteroatoms. The molecule has 6 nitrogen and oxygen atoms in total. The summed E-state index contributed by atoms with van der Waals surface area (Å²) < 4.78 is 0. The second-order valence-electron chi connectivity index (χ2n) is 4.87. The summed E-state index contributed by atoms with van der Waals surface area (Å²) in [6.45, 7) is 4.06. The van der Waals surface area contributed by atoms with Crippen LogP contribution in [0, 0.1) is 0 Å². The molecule has 3 atom stereocenters. The molecule has 2 amide bonds. The normalized spacial score (nSPS) is 21.0. The van der Waals surface area contributed by atoms with Crippen molar-refractivity contribution in [3.63, 3.8) is 0 Å². The molecule has 120 valence electrons. The molecule has 0 spiro atoms. The quantitative estimate of drug-likeness (QED) is 0.498. The predicted molar refractivity (Wildman–Crippen MR) is 86.9 cm³/mol. The van der Waals surface area contributed by atoms with Crippen molar-refractivity contribution < 1.29 is 4.79 Å². The summed E-state index contributed by atoms with van der Waals surface area (Å²) in [7, 11) is 0. The van der Waals surface area contributed by atoms with Crippen molar-refractivity contribution in [2.24, 2.45) is 17.2 Å². The number of halogens is 2. The Kier molecular flexibility index (Phi) is 10.9. The molecule has 0 fully saturated rings. The number of hydrogen-bond acceptors (Lipinski definition) is 4. The second-order valence-corrected chi connectivity index (χ2v) is 4.87. The van der Waals surface area contributed by atoms with Crippen LogP contribution in [0.3, 0.4) is 0 Å². The first-order valence-corrected chi connectivity index (χ1v) is 6.55. The number of urea groups is 1. The van der Waals surface area contributed by atoms with Crippen LogP contribution < -0.4 is 27.8 Å². The van der Waals surface area contributed by atoms with E-state index in [1.807, 2.05) is 13.8 Å². The van der Waals surface area contributed by atoms with Crippen LogP contribution in [0.1, 0.15) is 39.5 Å². The number of nitrogens with two attached hydrogens (primary N) is 3. The van der Waals surface area contributed by atoms with Crippen molar-refractivity contribution in [1.82, 2.24) is 10.6 Å². The van der Waals surface area contributed by atoms with E-state index in [0.29, 0.717) is 18.7 Å². The Hall–Kier alpha value is -0.690. The highest BCUT2D eigenvalue weighted by molar-refractivity contribution is 5.85. The first-order chi connectivity index (χ1) is 8.47. The third-order valence-electron chi connectivity index (χ3n) is 3.39. The number of nitrogens with one attached hydrogen (secondary N) is 2. The van der Waals surface area contributed by atoms with Gasteiger partial charge in [0.15, 0.2) is 0 Å². The van der Waals surface area contributed by atoms with Crippen LogP contribution in [-0.4, -0.2) is 24.2 Å². The molecule has 0 aliphatic carbocycles. The molecule has 0 aromatic rings. The topological polar surface area (TPSA) is 119 Å². The van der Waals surface area contributed by atoms with E-state index in [1.165, 1.54) is 0 Å². The van der Waals surface area contributed by atoms with Gasteiger partial charge in [-0.1, -0.05) is 13.8 Å². The number of hydrogen-bond donors (Lipinski definition) is 5. The van der Waals surface area contributed by atoms with Gasteiger partial charge in [0.05, 0.1) is 6.04 Å². The van der Waals surface area contributed by atoms with Crippen molar-refractivity contribution >= 4 is 30.8 Å². The Balaban J connectivity index is 0. The average Bonchev–Trinajstić information content (AvgIpc) is 2.32. The molecule has 0 bridgehead atoms. The zero-order valence-electron chi connectivity index (χ0n) is 12.0. The summed E-state index contributed by atoms with van der Waals surface area (Å²) in [6.07, 6.45) is 3.11. The van der Waals surface area contributed by atoms with Crippen molar-refractivity contribution in [3.8, 4) is 0 Å². The molecular formula is C12H27Cl2N5O. The highest BCUT2D eigenvalue weighted by atomic mass is 35.5. The van der Waals surface area contributed by atoms with Crippen LogP contribution in [0.5, 0.6) is 0 Å². The van der Waals surface area contributed by atoms with E-state index in [1.54, 1.807) is 0 Å². The largest absolute Gasteiger partial charge is 0.385 e. The number of rotatable bonds is 6. The third kappa shape index (κ3) is 6.17. The molecule has 1 aliphatic rings. The Bertz CT molecular complexity index is 338. The van der Waals surface area contributed by atoms with E-state index in [0.717, 1.165) is 18.4 Å². The lowest BCUT2D eigenvalue weighted by molar-refractivity contribution is 0.236. The maximum Gasteiger partial charge on any atom is 0.320 e. The number of amides is 2. The molecule has 3 unspecified atom stereocenters. The summed E-state index contributed by atoms with van der Waals surface area (Å²) in [5.41, 5.74) is 18.8. The van der Waals surface area contributed by atoms with E-state index in [2.05, 4.69) is 10.6 Å². The van der Waals surface area contributed by atoms with Gasteiger partial charge in [-0.3, -0.25) is 5.32 Å². The van der Waals surface area contributed by atoms with Crippen molar-refractivity contribution in [3.05, 3.63) is 11.4 Å². The highest BCUT2D eigenvalue weighted by Crippen LogP contribution is 2.19. The van der Waals surface area contributed by atoms with Gasteiger partial charge in [0.1, 0.15) is 5.82 Å². The first-order valence-electron chi connectivity index (χ1n) is 6.55. The van der Waals surface area contributed by atoms with Crippen molar-refractivity contribution in [1.29, 1.82) is 0 Å². The van der Waals surface area contributed by atoms with Gasteiger partial charge in [0.2, 0.25) is 0 Å². The Labute approximate surface area is 133 Å². The maximum atomic E-state index is 11.4. The minimum absolute atomic E-state index is 0. The van der Waals surface area contributed by atoms with Crippen LogP contribution in [0.25, 0.3) is 0 Å². The van der Waals surface area contributed by atoms with Gasteiger partial charge in [-0.15, -0.1) is 24.8 Å². The van der Waals surface area contributed by atoms with E-state index < -0.39 is 0 Å². The van der Waals surface area contributed by atoms with Crippen LogP contribution in [0.2, 0.25) is 0 Å². The lowest BCUT2D eigenvalue weighted by atomic mass is 9.92. The molecule has 1 heterocycles. The lowest BCUT2D eigenvalue weighted by Crippen LogP contribution is -2.52. The van der Waals surface area contributed by atoms with Crippen LogP contribution >= 0.6 is 24.8 Å². The zero-order valence-corrected chi connectivity index (χ0v) is 13.7. The average molecular weight is 328 g/mol. The minimum Gasteiger partial charge on any atom is -0.385 e. The van der Waals surface area contributed by atoms with Gasteiger partial charge >= 0.3 is 6.03 Å². The molecular weight excluding hydrogens is 301 g/mol. The predicted octanol–water partition coefficient (Wildman–Crippen LogP) is 0.936. The van der Waals surface area contributed by atoms with Crippen LogP contribution in [0.15, 0.2) is 11.4 Å². The standard InChI is InChI=1S/C12H25N5O.2ClH/c1-3-7(13)5-9-10(6-8(14)4-2)16-12(18)17-11(9)15;;/h7-8,10H,3-6,13-15H2,1-2H3,(H2,16,17,18);2*1H. The van der Waals surface area contributed by atoms with Gasteiger partial charge in [0, 0.05) is 12.1 Å². The minimum atomic E-state index is -0.269. The fourth-order valence-electron chi connectivity index (χ4n) is 2.02. The molecule has 0 aromatic carbocycles. The van der Waals surface area contributed by atoms with Gasteiger partial charge in [-0.2, -0.15) is 0 Å². The number of carbonyl (C=O) groups is 1. The van der Waals surface area contributed by atoms with Gasteiger partial charge in [0.25, 0.3) is 0 Å². The molecule has 0 radical (unpaired) electrons. The fourth-order valence-corrected chi connectivity index (χ4v) is 2.02. The zero-order chi connectivity index (χ0) is 13.7. The fraction of sp³-hybridized carbons (Fsp3) is 0.750. The molecule has 1 rings (SSSR count). The first kappa shape index (κ1) is 21.6. The summed E-state index contributed by atoms with van der Waals surface area (Å²) in [6, 6.07) is -0.273. The molecule has 8 N–H and O–H groups in total. The summed E-state index contributed by atoms with van der Waals surface area (Å²) >= 11 is 0. The Morgan fingerprint density at radius 1 is 1.15 bits per heavy atom. The smallest absolute Gasteiger partial charge is 0.320 e. The van der Waals surface area contributed by atoms with E-state index in [4.69, 9.17) is 17.2 Å². The van der Waals surface area contributed by atoms with Gasteiger partial charge in [-0.05, 0) is 31.3 Å². The van der Waals surface area contributed by atoms with Crippen LogP contribution in [0.4, 0.5) is 4.79 Å². The van der Waals surface area contributed by atoms with Crippen molar-refractivity contribution in [2.45, 2.75) is 57.7 Å². The van der Waals surface area contributed by atoms with Crippen LogP contribution in [-0.2, 0) is 0 Å². The number of carbonyl (C=O) groups excluding carboxylic acids is 1. The Morgan fingerprint density at radius 3 is 2.20 bits per heavy atom.